The molecule has 1 aliphatic heterocycles. The lowest BCUT2D eigenvalue weighted by Crippen LogP contribution is -2.47. The maximum Gasteiger partial charge on any atom is 0.317 e. The molecule has 1 aromatic carbocycles. The number of hydrogen-bond donors (Lipinski definition) is 2. The van der Waals surface area contributed by atoms with E-state index < -0.39 is 17.7 Å². The average molecular weight is 353 g/mol. The van der Waals surface area contributed by atoms with Gasteiger partial charge in [0.25, 0.3) is 0 Å². The van der Waals surface area contributed by atoms with Crippen LogP contribution in [0.25, 0.3) is 0 Å². The predicted molar refractivity (Wildman–Crippen MR) is 90.9 cm³/mol. The Hall–Kier alpha value is -2.18. The average Bonchev–Trinajstić information content (AvgIpc) is 2.61. The molecule has 3 amide bonds. The van der Waals surface area contributed by atoms with E-state index in [-0.39, 0.29) is 17.9 Å². The Balaban J connectivity index is 1.83. The van der Waals surface area contributed by atoms with Gasteiger partial charge in [0.1, 0.15) is 0 Å². The van der Waals surface area contributed by atoms with Crippen LogP contribution in [0.5, 0.6) is 0 Å². The number of piperidine rings is 1. The molecule has 138 valence electrons. The Bertz CT molecular complexity index is 616. The van der Waals surface area contributed by atoms with Crippen LogP contribution in [-0.4, -0.2) is 36.5 Å². The molecule has 0 radical (unpaired) electrons. The van der Waals surface area contributed by atoms with Gasteiger partial charge in [0, 0.05) is 25.6 Å². The van der Waals surface area contributed by atoms with E-state index in [4.69, 9.17) is 0 Å². The highest BCUT2D eigenvalue weighted by Crippen LogP contribution is 2.19. The third-order valence-electron chi connectivity index (χ3n) is 4.49. The Labute approximate surface area is 146 Å². The van der Waals surface area contributed by atoms with E-state index in [9.17, 15) is 18.4 Å². The fourth-order valence-corrected chi connectivity index (χ4v) is 2.88. The van der Waals surface area contributed by atoms with Gasteiger partial charge in [-0.05, 0) is 43.9 Å². The van der Waals surface area contributed by atoms with E-state index in [1.165, 1.54) is 6.07 Å². The molecule has 1 fully saturated rings. The van der Waals surface area contributed by atoms with Crippen molar-refractivity contribution in [2.24, 2.45) is 5.92 Å². The zero-order valence-corrected chi connectivity index (χ0v) is 14.6. The van der Waals surface area contributed by atoms with Crippen molar-refractivity contribution < 1.29 is 18.4 Å². The van der Waals surface area contributed by atoms with Gasteiger partial charge in [-0.15, -0.1) is 0 Å². The molecule has 1 unspecified atom stereocenters. The number of carbonyl (C=O) groups is 2. The van der Waals surface area contributed by atoms with Gasteiger partial charge >= 0.3 is 6.03 Å². The van der Waals surface area contributed by atoms with Crippen LogP contribution in [0.3, 0.4) is 0 Å². The first-order chi connectivity index (χ1) is 11.9. The third kappa shape index (κ3) is 5.14. The van der Waals surface area contributed by atoms with Crippen LogP contribution in [0.1, 0.15) is 44.7 Å². The lowest BCUT2D eigenvalue weighted by molar-refractivity contribution is -0.126. The van der Waals surface area contributed by atoms with E-state index in [1.807, 2.05) is 6.92 Å². The van der Waals surface area contributed by atoms with E-state index in [0.717, 1.165) is 18.6 Å². The van der Waals surface area contributed by atoms with E-state index in [1.54, 1.807) is 11.8 Å². The molecule has 5 nitrogen and oxygen atoms in total. The fourth-order valence-electron chi connectivity index (χ4n) is 2.88. The van der Waals surface area contributed by atoms with Crippen molar-refractivity contribution in [1.82, 2.24) is 15.5 Å². The number of hydrogen-bond acceptors (Lipinski definition) is 2. The minimum atomic E-state index is -0.933. The number of nitrogens with zero attached hydrogens (tertiary/aromatic N) is 1. The van der Waals surface area contributed by atoms with Crippen molar-refractivity contribution in [1.29, 1.82) is 0 Å². The van der Waals surface area contributed by atoms with Crippen LogP contribution in [0.15, 0.2) is 18.2 Å². The fraction of sp³-hybridized carbons (Fsp3) is 0.556. The Morgan fingerprint density at radius 2 is 1.92 bits per heavy atom. The Morgan fingerprint density at radius 1 is 1.24 bits per heavy atom. The van der Waals surface area contributed by atoms with Crippen molar-refractivity contribution in [3.05, 3.63) is 35.4 Å². The zero-order valence-electron chi connectivity index (χ0n) is 14.6. The summed E-state index contributed by atoms with van der Waals surface area (Å²) in [4.78, 5) is 25.9. The maximum atomic E-state index is 13.3. The highest BCUT2D eigenvalue weighted by molar-refractivity contribution is 5.79. The van der Waals surface area contributed by atoms with Crippen LogP contribution < -0.4 is 10.6 Å². The van der Waals surface area contributed by atoms with Gasteiger partial charge in [0.05, 0.1) is 6.04 Å². The van der Waals surface area contributed by atoms with Gasteiger partial charge in [-0.25, -0.2) is 13.6 Å². The van der Waals surface area contributed by atoms with E-state index in [0.29, 0.717) is 38.0 Å². The molecule has 7 heteroatoms. The molecule has 2 N–H and O–H groups in total. The molecular weight excluding hydrogens is 328 g/mol. The lowest BCUT2D eigenvalue weighted by atomic mass is 9.96. The molecule has 1 heterocycles. The number of likely N-dealkylation sites (tertiary alicyclic amines) is 1. The molecule has 25 heavy (non-hydrogen) atoms. The topological polar surface area (TPSA) is 61.4 Å². The molecule has 1 saturated heterocycles. The van der Waals surface area contributed by atoms with Crippen LogP contribution in [0, 0.1) is 17.6 Å². The summed E-state index contributed by atoms with van der Waals surface area (Å²) in [6.07, 6.45) is 2.15. The number of carbonyl (C=O) groups excluding carboxylic acids is 2. The van der Waals surface area contributed by atoms with Crippen molar-refractivity contribution in [2.45, 2.75) is 39.2 Å². The van der Waals surface area contributed by atoms with Crippen LogP contribution >= 0.6 is 0 Å². The third-order valence-corrected chi connectivity index (χ3v) is 4.49. The number of amides is 3. The summed E-state index contributed by atoms with van der Waals surface area (Å²) < 4.78 is 26.3. The van der Waals surface area contributed by atoms with Crippen molar-refractivity contribution >= 4 is 11.9 Å². The first-order valence-corrected chi connectivity index (χ1v) is 8.70. The van der Waals surface area contributed by atoms with Crippen molar-refractivity contribution in [3.63, 3.8) is 0 Å². The lowest BCUT2D eigenvalue weighted by Gasteiger charge is -2.32. The molecule has 0 saturated carbocycles. The van der Waals surface area contributed by atoms with Crippen LogP contribution in [-0.2, 0) is 4.79 Å². The van der Waals surface area contributed by atoms with Gasteiger partial charge in [-0.1, -0.05) is 13.0 Å². The molecule has 0 aromatic heterocycles. The number of rotatable bonds is 5. The molecule has 1 aromatic rings. The molecular formula is C18H25F2N3O2. The summed E-state index contributed by atoms with van der Waals surface area (Å²) in [6, 6.07) is 2.89. The van der Waals surface area contributed by atoms with Gasteiger partial charge in [-0.2, -0.15) is 0 Å². The SMILES string of the molecule is CCCNC(=O)C1CCN(C(=O)NC(C)c2ccc(F)c(F)c2)CC1. The van der Waals surface area contributed by atoms with Crippen molar-refractivity contribution in [3.8, 4) is 0 Å². The first-order valence-electron chi connectivity index (χ1n) is 8.70. The molecule has 0 aliphatic carbocycles. The summed E-state index contributed by atoms with van der Waals surface area (Å²) >= 11 is 0. The van der Waals surface area contributed by atoms with Gasteiger partial charge in [-0.3, -0.25) is 4.79 Å². The van der Waals surface area contributed by atoms with E-state index >= 15 is 0 Å². The second-order valence-corrected chi connectivity index (χ2v) is 6.40. The van der Waals surface area contributed by atoms with E-state index in [2.05, 4.69) is 10.6 Å². The second-order valence-electron chi connectivity index (χ2n) is 6.40. The van der Waals surface area contributed by atoms with Gasteiger partial charge in [0.2, 0.25) is 5.91 Å². The van der Waals surface area contributed by atoms with Gasteiger partial charge in [0.15, 0.2) is 11.6 Å². The molecule has 0 bridgehead atoms. The normalized spacial score (nSPS) is 16.4. The number of benzene rings is 1. The molecule has 1 atom stereocenters. The van der Waals surface area contributed by atoms with Gasteiger partial charge < -0.3 is 15.5 Å². The molecule has 1 aliphatic rings. The highest BCUT2D eigenvalue weighted by atomic mass is 19.2. The highest BCUT2D eigenvalue weighted by Gasteiger charge is 2.27. The van der Waals surface area contributed by atoms with Crippen LogP contribution in [0.4, 0.5) is 13.6 Å². The summed E-state index contributed by atoms with van der Waals surface area (Å²) in [5.41, 5.74) is 0.501. The Morgan fingerprint density at radius 3 is 2.52 bits per heavy atom. The van der Waals surface area contributed by atoms with Crippen LogP contribution in [0.2, 0.25) is 0 Å². The number of halogens is 2. The summed E-state index contributed by atoms with van der Waals surface area (Å²) in [5.74, 6) is -1.85. The minimum absolute atomic E-state index is 0.0528. The summed E-state index contributed by atoms with van der Waals surface area (Å²) in [7, 11) is 0. The monoisotopic (exact) mass is 353 g/mol. The number of urea groups is 1. The standard InChI is InChI=1S/C18H25F2N3O2/c1-3-8-21-17(24)13-6-9-23(10-7-13)18(25)22-12(2)14-4-5-15(19)16(20)11-14/h4-5,11-13H,3,6-10H2,1-2H3,(H,21,24)(H,22,25). The Kier molecular flexibility index (Phi) is 6.73. The maximum absolute atomic E-state index is 13.3. The summed E-state index contributed by atoms with van der Waals surface area (Å²) in [5, 5.41) is 5.67. The zero-order chi connectivity index (χ0) is 18.4. The quantitative estimate of drug-likeness (QED) is 0.855. The molecule has 0 spiro atoms. The van der Waals surface area contributed by atoms with Crippen molar-refractivity contribution in [2.75, 3.05) is 19.6 Å². The minimum Gasteiger partial charge on any atom is -0.356 e. The molecule has 2 rings (SSSR count). The largest absolute Gasteiger partial charge is 0.356 e. The summed E-state index contributed by atoms with van der Waals surface area (Å²) in [6.45, 7) is 5.39. The number of nitrogens with one attached hydrogen (secondary N) is 2. The first kappa shape index (κ1) is 19.1. The predicted octanol–water partition coefficient (Wildman–Crippen LogP) is 2.97. The second kappa shape index (κ2) is 8.78. The smallest absolute Gasteiger partial charge is 0.317 e.